The van der Waals surface area contributed by atoms with Gasteiger partial charge in [0.1, 0.15) is 0 Å². The molecule has 0 spiro atoms. The van der Waals surface area contributed by atoms with Gasteiger partial charge in [-0.2, -0.15) is 12.6 Å². The quantitative estimate of drug-likeness (QED) is 0.286. The van der Waals surface area contributed by atoms with E-state index in [-0.39, 0.29) is 0 Å². The molecule has 0 bridgehead atoms. The van der Waals surface area contributed by atoms with Crippen LogP contribution in [0, 0.1) is 0 Å². The van der Waals surface area contributed by atoms with E-state index in [2.05, 4.69) is 48.7 Å². The zero-order valence-corrected chi connectivity index (χ0v) is 11.1. The number of rotatable bonds is 7. The predicted molar refractivity (Wildman–Crippen MR) is 50.6 cm³/mol. The van der Waals surface area contributed by atoms with Gasteiger partial charge in [0.05, 0.1) is 0 Å². The smallest absolute Gasteiger partial charge is 0.415 e. The average Bonchev–Trinajstić information content (AvgIpc) is 2.13. The molecule has 0 aliphatic rings. The van der Waals surface area contributed by atoms with Gasteiger partial charge in [0.15, 0.2) is 0 Å². The van der Waals surface area contributed by atoms with Gasteiger partial charge in [-0.15, -0.1) is 0 Å². The molecule has 0 aliphatic heterocycles. The summed E-state index contributed by atoms with van der Waals surface area (Å²) in [5, 5.41) is 0. The van der Waals surface area contributed by atoms with Crippen LogP contribution in [-0.4, -0.2) is 46.0 Å². The van der Waals surface area contributed by atoms with Gasteiger partial charge in [-0.25, -0.2) is 4.58 Å². The molecule has 0 N–H and O–H groups in total. The van der Waals surface area contributed by atoms with Crippen LogP contribution in [0.4, 0.5) is 0 Å². The maximum absolute atomic E-state index is 4.89. The van der Waals surface area contributed by atoms with Crippen LogP contribution in [-0.2, 0) is 17.4 Å². The first-order valence-electron chi connectivity index (χ1n) is 3.06. The summed E-state index contributed by atoms with van der Waals surface area (Å²) in [5.41, 5.74) is 0. The maximum Gasteiger partial charge on any atom is 0.507 e. The van der Waals surface area contributed by atoms with E-state index < -0.39 is 8.80 Å². The van der Waals surface area contributed by atoms with E-state index in [4.69, 9.17) is 12.8 Å². The topological polar surface area (TPSA) is 36.9 Å². The Morgan fingerprint density at radius 2 is 1.75 bits per heavy atom. The van der Waals surface area contributed by atoms with Crippen LogP contribution in [0.25, 0.3) is 0 Å². The van der Waals surface area contributed by atoms with Crippen molar-refractivity contribution < 1.29 is 17.4 Å². The standard InChI is InChI=1S/C3H7O4SSi4/c8-2-1-3-12(6-10,7-11)5-4-9/h8H,1-3H2. The molecule has 0 atom stereocenters. The van der Waals surface area contributed by atoms with Crippen molar-refractivity contribution in [1.82, 2.24) is 0 Å². The van der Waals surface area contributed by atoms with Gasteiger partial charge < -0.3 is 8.23 Å². The summed E-state index contributed by atoms with van der Waals surface area (Å²) < 4.78 is 18.9. The lowest BCUT2D eigenvalue weighted by molar-refractivity contribution is -0.140. The van der Waals surface area contributed by atoms with Crippen LogP contribution in [0.5, 0.6) is 0 Å². The molecule has 0 saturated heterocycles. The third-order valence-electron chi connectivity index (χ3n) is 1.12. The van der Waals surface area contributed by atoms with Crippen molar-refractivity contribution in [3.05, 3.63) is 0 Å². The lowest BCUT2D eigenvalue weighted by Gasteiger charge is -2.24. The van der Waals surface area contributed by atoms with Crippen LogP contribution in [0.15, 0.2) is 0 Å². The molecule has 0 amide bonds. The van der Waals surface area contributed by atoms with Gasteiger partial charge in [-0.1, -0.05) is 0 Å². The summed E-state index contributed by atoms with van der Waals surface area (Å²) in [6.07, 6.45) is 0.805. The van der Waals surface area contributed by atoms with Crippen molar-refractivity contribution >= 4 is 52.9 Å². The molecule has 0 saturated carbocycles. The normalized spacial score (nSPS) is 12.0. The third kappa shape index (κ3) is 4.34. The molecule has 0 rings (SSSR count). The Morgan fingerprint density at radius 3 is 2.08 bits per heavy atom. The highest BCUT2D eigenvalue weighted by Gasteiger charge is 2.38. The van der Waals surface area contributed by atoms with E-state index in [0.29, 0.717) is 6.04 Å². The minimum atomic E-state index is -2.76. The Morgan fingerprint density at radius 1 is 1.17 bits per heavy atom. The van der Waals surface area contributed by atoms with Crippen molar-refractivity contribution in [2.75, 3.05) is 5.75 Å². The molecule has 65 valence electrons. The first kappa shape index (κ1) is 13.1. The van der Waals surface area contributed by atoms with Crippen molar-refractivity contribution in [1.29, 1.82) is 0 Å². The van der Waals surface area contributed by atoms with Crippen LogP contribution >= 0.6 is 12.6 Å². The first-order chi connectivity index (χ1) is 5.74. The lowest BCUT2D eigenvalue weighted by atomic mass is 10.6. The molecule has 12 heavy (non-hydrogen) atoms. The molecule has 0 aromatic carbocycles. The molecule has 0 heterocycles. The Labute approximate surface area is 88.6 Å². The van der Waals surface area contributed by atoms with Gasteiger partial charge >= 0.3 is 19.3 Å². The molecule has 9 radical (unpaired) electrons. The Hall–Kier alpha value is 1.06. The molecule has 9 heteroatoms. The van der Waals surface area contributed by atoms with E-state index in [1.807, 2.05) is 0 Å². The van der Waals surface area contributed by atoms with E-state index >= 15 is 0 Å². The first-order valence-corrected chi connectivity index (χ1v) is 6.85. The fourth-order valence-corrected chi connectivity index (χ4v) is 3.84. The van der Waals surface area contributed by atoms with Gasteiger partial charge in [0.2, 0.25) is 21.0 Å². The van der Waals surface area contributed by atoms with Crippen LogP contribution < -0.4 is 0 Å². The Bertz CT molecular complexity index is 112. The molecular weight excluding hydrogens is 244 g/mol. The fraction of sp³-hybridized carbons (Fsp3) is 1.00. The third-order valence-corrected chi connectivity index (χ3v) is 5.48. The second-order valence-electron chi connectivity index (χ2n) is 1.88. The largest absolute Gasteiger partial charge is 0.507 e. The summed E-state index contributed by atoms with van der Waals surface area (Å²) in [7, 11) is 5.67. The second-order valence-corrected chi connectivity index (χ2v) is 6.16. The molecule has 4 nitrogen and oxygen atoms in total. The van der Waals surface area contributed by atoms with Crippen LogP contribution in [0.3, 0.4) is 0 Å². The lowest BCUT2D eigenvalue weighted by Crippen LogP contribution is -2.44. The average molecular weight is 251 g/mol. The van der Waals surface area contributed by atoms with Gasteiger partial charge in [0.25, 0.3) is 0 Å². The summed E-state index contributed by atoms with van der Waals surface area (Å²) in [5.74, 6) is 0.727. The SMILES string of the molecule is [Si]OO[Si](CCCS)(O[Si])O[Si]. The summed E-state index contributed by atoms with van der Waals surface area (Å²) >= 11 is 4.05. The van der Waals surface area contributed by atoms with E-state index in [0.717, 1.165) is 12.2 Å². The van der Waals surface area contributed by atoms with Crippen LogP contribution in [0.1, 0.15) is 6.42 Å². The van der Waals surface area contributed by atoms with E-state index in [1.165, 1.54) is 0 Å². The van der Waals surface area contributed by atoms with Crippen molar-refractivity contribution in [2.24, 2.45) is 0 Å². The van der Waals surface area contributed by atoms with E-state index in [9.17, 15) is 0 Å². The van der Waals surface area contributed by atoms with Gasteiger partial charge in [0, 0.05) is 6.04 Å². The van der Waals surface area contributed by atoms with Crippen molar-refractivity contribution in [3.8, 4) is 0 Å². The number of thiol groups is 1. The van der Waals surface area contributed by atoms with E-state index in [1.54, 1.807) is 0 Å². The Kier molecular flexibility index (Phi) is 8.12. The Balaban J connectivity index is 3.95. The van der Waals surface area contributed by atoms with Crippen molar-refractivity contribution in [3.63, 3.8) is 0 Å². The monoisotopic (exact) mass is 251 g/mol. The maximum atomic E-state index is 4.89. The molecule has 0 aliphatic carbocycles. The molecule has 0 aromatic rings. The second kappa shape index (κ2) is 7.46. The number of hydrogen-bond donors (Lipinski definition) is 1. The summed E-state index contributed by atoms with van der Waals surface area (Å²) in [6, 6.07) is 0.591. The van der Waals surface area contributed by atoms with Gasteiger partial charge in [-0.3, -0.25) is 4.58 Å². The highest BCUT2D eigenvalue weighted by Crippen LogP contribution is 2.15. The minimum absolute atomic E-state index is 0.591. The number of hydrogen-bond acceptors (Lipinski definition) is 5. The molecular formula is C3H7O4SSi4. The fourth-order valence-electron chi connectivity index (χ4n) is 0.558. The molecule has 0 aromatic heterocycles. The molecule has 0 fully saturated rings. The zero-order chi connectivity index (χ0) is 9.45. The zero-order valence-electron chi connectivity index (χ0n) is 6.20. The predicted octanol–water partition coefficient (Wildman–Crippen LogP) is -0.523. The summed E-state index contributed by atoms with van der Waals surface area (Å²) in [6.45, 7) is 0. The van der Waals surface area contributed by atoms with Crippen LogP contribution in [0.2, 0.25) is 6.04 Å². The van der Waals surface area contributed by atoms with Gasteiger partial charge in [-0.05, 0) is 12.2 Å². The minimum Gasteiger partial charge on any atom is -0.415 e. The van der Waals surface area contributed by atoms with Crippen molar-refractivity contribution in [2.45, 2.75) is 12.5 Å². The highest BCUT2D eigenvalue weighted by molar-refractivity contribution is 7.80. The molecule has 0 unspecified atom stereocenters. The summed E-state index contributed by atoms with van der Waals surface area (Å²) in [4.78, 5) is 0. The highest BCUT2D eigenvalue weighted by atomic mass is 32.1.